The molecule has 0 spiro atoms. The molecule has 2 N–H and O–H groups in total. The van der Waals surface area contributed by atoms with E-state index in [0.29, 0.717) is 25.2 Å². The van der Waals surface area contributed by atoms with Crippen LogP contribution in [0.1, 0.15) is 63.9 Å². The van der Waals surface area contributed by atoms with Gasteiger partial charge in [0, 0.05) is 0 Å². The normalized spacial score (nSPS) is 39.0. The zero-order valence-corrected chi connectivity index (χ0v) is 22.3. The average molecular weight is 509 g/mol. The number of hydrogen-bond donors (Lipinski definition) is 2. The van der Waals surface area contributed by atoms with Gasteiger partial charge in [0.05, 0.1) is 32.5 Å². The number of hydrogen-bond acceptors (Lipinski definition) is 5. The number of aliphatic hydroxyl groups excluding tert-OH is 2. The first-order valence-corrected chi connectivity index (χ1v) is 14.7. The third-order valence-electron chi connectivity index (χ3n) is 10.6. The minimum atomic E-state index is -0.830. The Kier molecular flexibility index (Phi) is 7.61. The van der Waals surface area contributed by atoms with Crippen LogP contribution in [0.15, 0.2) is 53.6 Å². The van der Waals surface area contributed by atoms with Crippen LogP contribution < -0.4 is 0 Å². The van der Waals surface area contributed by atoms with E-state index in [4.69, 9.17) is 14.2 Å². The van der Waals surface area contributed by atoms with Crippen molar-refractivity contribution in [3.63, 3.8) is 0 Å². The van der Waals surface area contributed by atoms with E-state index < -0.39 is 12.4 Å². The van der Waals surface area contributed by atoms with E-state index in [-0.39, 0.29) is 17.9 Å². The third kappa shape index (κ3) is 4.98. The van der Waals surface area contributed by atoms with Crippen molar-refractivity contribution in [3.05, 3.63) is 59.2 Å². The molecule has 202 valence electrons. The van der Waals surface area contributed by atoms with Gasteiger partial charge in [-0.15, -0.1) is 0 Å². The lowest BCUT2D eigenvalue weighted by Gasteiger charge is -2.54. The molecule has 0 bridgehead atoms. The molecule has 5 aliphatic rings. The molecule has 1 heterocycles. The van der Waals surface area contributed by atoms with E-state index >= 15 is 0 Å². The summed E-state index contributed by atoms with van der Waals surface area (Å²) in [5.41, 5.74) is 3.95. The maximum Gasteiger partial charge on any atom is 0.187 e. The Labute approximate surface area is 221 Å². The van der Waals surface area contributed by atoms with Gasteiger partial charge in [-0.2, -0.15) is 0 Å². The number of rotatable bonds is 7. The molecule has 1 aromatic carbocycles. The van der Waals surface area contributed by atoms with Gasteiger partial charge in [0.2, 0.25) is 0 Å². The fourth-order valence-electron chi connectivity index (χ4n) is 8.80. The Balaban J connectivity index is 1.10. The molecular formula is C32H44O5. The van der Waals surface area contributed by atoms with E-state index in [1.807, 2.05) is 6.08 Å². The summed E-state index contributed by atoms with van der Waals surface area (Å²) in [5.74, 6) is 3.35. The zero-order chi connectivity index (χ0) is 25.4. The molecule has 6 rings (SSSR count). The highest BCUT2D eigenvalue weighted by Crippen LogP contribution is 2.63. The summed E-state index contributed by atoms with van der Waals surface area (Å²) in [5, 5.41) is 21.0. The first-order valence-electron chi connectivity index (χ1n) is 14.7. The van der Waals surface area contributed by atoms with Crippen LogP contribution >= 0.6 is 0 Å². The molecule has 1 aromatic rings. The fraction of sp³-hybridized carbons (Fsp3) is 0.688. The predicted octanol–water partition coefficient (Wildman–Crippen LogP) is 5.41. The minimum Gasteiger partial charge on any atom is -0.392 e. The largest absolute Gasteiger partial charge is 0.392 e. The highest BCUT2D eigenvalue weighted by atomic mass is 16.7. The molecule has 1 aliphatic heterocycles. The summed E-state index contributed by atoms with van der Waals surface area (Å²) in [6.45, 7) is 4.17. The zero-order valence-electron chi connectivity index (χ0n) is 22.3. The molecule has 1 saturated heterocycles. The Morgan fingerprint density at radius 1 is 1.08 bits per heavy atom. The monoisotopic (exact) mass is 508 g/mol. The standard InChI is InChI=1S/C32H44O5/c1-32-14-13-26-25-10-8-24(37-20-21-5-3-2-4-6-21)17-22(25)7-9-27(26)29(32)12-11-28(32)23(19-33)18-30(34)31-35-15-16-36-31/h2-6,12,18,22,24-28,30-31,33-34H,7-11,13-17,19-20H2,1H3/b23-18+/t22?,24?,25-,26+,27+,28+,30?,32+/m0/s1. The van der Waals surface area contributed by atoms with Crippen LogP contribution in [-0.2, 0) is 20.8 Å². The van der Waals surface area contributed by atoms with Crippen LogP contribution in [0.2, 0.25) is 0 Å². The lowest BCUT2D eigenvalue weighted by molar-refractivity contribution is -0.103. The van der Waals surface area contributed by atoms with Crippen LogP contribution in [-0.4, -0.2) is 48.5 Å². The second-order valence-corrected chi connectivity index (χ2v) is 12.4. The van der Waals surface area contributed by atoms with Crippen molar-refractivity contribution in [2.45, 2.75) is 83.4 Å². The van der Waals surface area contributed by atoms with Crippen molar-refractivity contribution in [3.8, 4) is 0 Å². The van der Waals surface area contributed by atoms with Gasteiger partial charge < -0.3 is 24.4 Å². The quantitative estimate of drug-likeness (QED) is 0.482. The van der Waals surface area contributed by atoms with Gasteiger partial charge in [0.25, 0.3) is 0 Å². The highest BCUT2D eigenvalue weighted by Gasteiger charge is 2.54. The number of benzene rings is 1. The van der Waals surface area contributed by atoms with Gasteiger partial charge in [-0.1, -0.05) is 48.9 Å². The average Bonchev–Trinajstić information content (AvgIpc) is 3.59. The number of allylic oxidation sites excluding steroid dienone is 2. The van der Waals surface area contributed by atoms with Gasteiger partial charge >= 0.3 is 0 Å². The lowest BCUT2D eigenvalue weighted by Crippen LogP contribution is -2.46. The minimum absolute atomic E-state index is 0.0195. The van der Waals surface area contributed by atoms with Crippen LogP contribution in [0.5, 0.6) is 0 Å². The summed E-state index contributed by atoms with van der Waals surface area (Å²) < 4.78 is 17.4. The summed E-state index contributed by atoms with van der Waals surface area (Å²) >= 11 is 0. The Hall–Kier alpha value is -1.50. The summed E-state index contributed by atoms with van der Waals surface area (Å²) in [4.78, 5) is 0. The third-order valence-corrected chi connectivity index (χ3v) is 10.6. The Morgan fingerprint density at radius 2 is 1.89 bits per heavy atom. The molecule has 0 radical (unpaired) electrons. The molecule has 4 fully saturated rings. The number of aliphatic hydroxyl groups is 2. The molecule has 5 heteroatoms. The van der Waals surface area contributed by atoms with E-state index in [1.54, 1.807) is 5.57 Å². The second kappa shape index (κ2) is 10.9. The molecule has 5 nitrogen and oxygen atoms in total. The molecule has 3 saturated carbocycles. The van der Waals surface area contributed by atoms with Crippen LogP contribution in [0, 0.1) is 35.0 Å². The van der Waals surface area contributed by atoms with Crippen molar-refractivity contribution in [2.75, 3.05) is 19.8 Å². The summed E-state index contributed by atoms with van der Waals surface area (Å²) in [7, 11) is 0. The van der Waals surface area contributed by atoms with E-state index in [9.17, 15) is 10.2 Å². The first-order chi connectivity index (χ1) is 18.1. The fourth-order valence-corrected chi connectivity index (χ4v) is 8.80. The van der Waals surface area contributed by atoms with Crippen molar-refractivity contribution in [2.24, 2.45) is 35.0 Å². The highest BCUT2D eigenvalue weighted by molar-refractivity contribution is 5.34. The van der Waals surface area contributed by atoms with Crippen molar-refractivity contribution in [1.29, 1.82) is 0 Å². The van der Waals surface area contributed by atoms with Crippen molar-refractivity contribution >= 4 is 0 Å². The Bertz CT molecular complexity index is 982. The summed E-state index contributed by atoms with van der Waals surface area (Å²) in [6.07, 6.45) is 13.0. The maximum atomic E-state index is 10.7. The molecule has 0 aromatic heterocycles. The molecule has 37 heavy (non-hydrogen) atoms. The van der Waals surface area contributed by atoms with Gasteiger partial charge in [-0.3, -0.25) is 0 Å². The van der Waals surface area contributed by atoms with Gasteiger partial charge in [-0.05, 0) is 104 Å². The first kappa shape index (κ1) is 25.8. The molecule has 8 atom stereocenters. The molecule has 0 amide bonds. The predicted molar refractivity (Wildman–Crippen MR) is 142 cm³/mol. The van der Waals surface area contributed by atoms with Gasteiger partial charge in [-0.25, -0.2) is 0 Å². The van der Waals surface area contributed by atoms with Crippen LogP contribution in [0.25, 0.3) is 0 Å². The maximum absolute atomic E-state index is 10.7. The van der Waals surface area contributed by atoms with Crippen molar-refractivity contribution < 1.29 is 24.4 Å². The second-order valence-electron chi connectivity index (χ2n) is 12.4. The van der Waals surface area contributed by atoms with Crippen LogP contribution in [0.4, 0.5) is 0 Å². The topological polar surface area (TPSA) is 68.2 Å². The molecule has 3 unspecified atom stereocenters. The summed E-state index contributed by atoms with van der Waals surface area (Å²) in [6, 6.07) is 10.6. The number of fused-ring (bicyclic) bond motifs is 5. The van der Waals surface area contributed by atoms with Crippen LogP contribution in [0.3, 0.4) is 0 Å². The SMILES string of the molecule is C[C@]12CC[C@H]3[C@@H](CCC4CC(OCc5ccccc5)CC[C@@H]43)C1=CC[C@@H]2/C(=C/C(O)C1OCCO1)CO. The van der Waals surface area contributed by atoms with E-state index in [1.165, 1.54) is 50.5 Å². The molecule has 4 aliphatic carbocycles. The molecular weight excluding hydrogens is 464 g/mol. The Morgan fingerprint density at radius 3 is 2.68 bits per heavy atom. The van der Waals surface area contributed by atoms with E-state index in [0.717, 1.165) is 36.4 Å². The van der Waals surface area contributed by atoms with E-state index in [2.05, 4.69) is 43.3 Å². The van der Waals surface area contributed by atoms with Gasteiger partial charge in [0.15, 0.2) is 6.29 Å². The van der Waals surface area contributed by atoms with Gasteiger partial charge in [0.1, 0.15) is 6.10 Å². The van der Waals surface area contributed by atoms with Crippen molar-refractivity contribution in [1.82, 2.24) is 0 Å². The smallest absolute Gasteiger partial charge is 0.187 e. The number of ether oxygens (including phenoxy) is 3. The lowest BCUT2D eigenvalue weighted by atomic mass is 9.51.